The minimum atomic E-state index is -0.263. The zero-order valence-electron chi connectivity index (χ0n) is 6.51. The van der Waals surface area contributed by atoms with Gasteiger partial charge in [-0.25, -0.2) is 0 Å². The number of hydrogen-bond donors (Lipinski definition) is 2. The molecule has 0 spiro atoms. The highest BCUT2D eigenvalue weighted by molar-refractivity contribution is 7.99. The van der Waals surface area contributed by atoms with E-state index < -0.39 is 0 Å². The van der Waals surface area contributed by atoms with Crippen molar-refractivity contribution in [3.8, 4) is 0 Å². The van der Waals surface area contributed by atoms with Crippen LogP contribution in [0, 0.1) is 0 Å². The summed E-state index contributed by atoms with van der Waals surface area (Å²) in [5, 5.41) is 3.13. The highest BCUT2D eigenvalue weighted by Crippen LogP contribution is 2.16. The summed E-state index contributed by atoms with van der Waals surface area (Å²) < 4.78 is 0. The van der Waals surface area contributed by atoms with Crippen LogP contribution in [0.4, 0.5) is 0 Å². The lowest BCUT2D eigenvalue weighted by Gasteiger charge is -2.21. The molecule has 4 heteroatoms. The largest absolute Gasteiger partial charge is 0.369 e. The van der Waals surface area contributed by atoms with Gasteiger partial charge in [0.25, 0.3) is 0 Å². The first kappa shape index (κ1) is 8.87. The predicted octanol–water partition coefficient (Wildman–Crippen LogP) is -0.0431. The standard InChI is InChI=1S/C7H14N2OS/c8-7(10)4-9-6-2-1-3-11-5-6/h6,9H,1-5H2,(H2,8,10). The van der Waals surface area contributed by atoms with Gasteiger partial charge in [-0.2, -0.15) is 11.8 Å². The average molecular weight is 174 g/mol. The number of primary amides is 1. The Balaban J connectivity index is 2.09. The van der Waals surface area contributed by atoms with Crippen molar-refractivity contribution in [2.45, 2.75) is 18.9 Å². The second-order valence-corrected chi connectivity index (χ2v) is 3.91. The van der Waals surface area contributed by atoms with E-state index in [2.05, 4.69) is 5.32 Å². The van der Waals surface area contributed by atoms with Crippen LogP contribution in [-0.2, 0) is 4.79 Å². The summed E-state index contributed by atoms with van der Waals surface area (Å²) >= 11 is 1.94. The molecule has 0 radical (unpaired) electrons. The van der Waals surface area contributed by atoms with Crippen molar-refractivity contribution >= 4 is 17.7 Å². The lowest BCUT2D eigenvalue weighted by molar-refractivity contribution is -0.117. The third kappa shape index (κ3) is 3.62. The Hall–Kier alpha value is -0.220. The molecule has 0 saturated carbocycles. The van der Waals surface area contributed by atoms with Crippen LogP contribution < -0.4 is 11.1 Å². The number of carbonyl (C=O) groups is 1. The average Bonchev–Trinajstić information content (AvgIpc) is 2.03. The van der Waals surface area contributed by atoms with Gasteiger partial charge in [-0.15, -0.1) is 0 Å². The molecule has 0 bridgehead atoms. The number of carbonyl (C=O) groups excluding carboxylic acids is 1. The number of thioether (sulfide) groups is 1. The van der Waals surface area contributed by atoms with E-state index in [0.717, 1.165) is 5.75 Å². The minimum absolute atomic E-state index is 0.263. The van der Waals surface area contributed by atoms with Crippen LogP contribution in [0.15, 0.2) is 0 Å². The molecule has 1 aliphatic heterocycles. The molecule has 1 rings (SSSR count). The van der Waals surface area contributed by atoms with E-state index in [0.29, 0.717) is 12.6 Å². The molecule has 0 aromatic heterocycles. The lowest BCUT2D eigenvalue weighted by atomic mass is 10.2. The van der Waals surface area contributed by atoms with Gasteiger partial charge in [-0.3, -0.25) is 4.79 Å². The normalized spacial score (nSPS) is 24.9. The molecule has 1 aliphatic rings. The summed E-state index contributed by atoms with van der Waals surface area (Å²) in [6.07, 6.45) is 2.43. The van der Waals surface area contributed by atoms with E-state index in [-0.39, 0.29) is 5.91 Å². The van der Waals surface area contributed by atoms with E-state index in [1.165, 1.54) is 18.6 Å². The summed E-state index contributed by atoms with van der Waals surface area (Å²) in [7, 11) is 0. The Morgan fingerprint density at radius 3 is 3.09 bits per heavy atom. The van der Waals surface area contributed by atoms with Crippen LogP contribution in [0.2, 0.25) is 0 Å². The zero-order valence-corrected chi connectivity index (χ0v) is 7.32. The molecular formula is C7H14N2OS. The summed E-state index contributed by atoms with van der Waals surface area (Å²) in [5.41, 5.74) is 5.00. The van der Waals surface area contributed by atoms with Crippen molar-refractivity contribution in [1.29, 1.82) is 0 Å². The molecular weight excluding hydrogens is 160 g/mol. The number of nitrogens with two attached hydrogens (primary N) is 1. The van der Waals surface area contributed by atoms with Gasteiger partial charge in [0.05, 0.1) is 6.54 Å². The monoisotopic (exact) mass is 174 g/mol. The maximum absolute atomic E-state index is 10.4. The van der Waals surface area contributed by atoms with Crippen LogP contribution in [0.3, 0.4) is 0 Å². The topological polar surface area (TPSA) is 55.1 Å². The Morgan fingerprint density at radius 2 is 2.55 bits per heavy atom. The van der Waals surface area contributed by atoms with Gasteiger partial charge in [0.15, 0.2) is 0 Å². The molecule has 1 saturated heterocycles. The summed E-state index contributed by atoms with van der Waals surface area (Å²) in [6, 6.07) is 0.501. The number of nitrogens with one attached hydrogen (secondary N) is 1. The van der Waals surface area contributed by atoms with Crippen molar-refractivity contribution in [2.24, 2.45) is 5.73 Å². The fraction of sp³-hybridized carbons (Fsp3) is 0.857. The van der Waals surface area contributed by atoms with Gasteiger partial charge in [0.2, 0.25) is 5.91 Å². The molecule has 1 fully saturated rings. The molecule has 1 atom stereocenters. The number of rotatable bonds is 3. The van der Waals surface area contributed by atoms with E-state index in [1.807, 2.05) is 11.8 Å². The highest BCUT2D eigenvalue weighted by atomic mass is 32.2. The van der Waals surface area contributed by atoms with Crippen LogP contribution >= 0.6 is 11.8 Å². The minimum Gasteiger partial charge on any atom is -0.369 e. The highest BCUT2D eigenvalue weighted by Gasteiger charge is 2.12. The van der Waals surface area contributed by atoms with Gasteiger partial charge >= 0.3 is 0 Å². The molecule has 1 unspecified atom stereocenters. The Bertz CT molecular complexity index is 134. The Labute approximate surface area is 71.1 Å². The van der Waals surface area contributed by atoms with Crippen molar-refractivity contribution in [1.82, 2.24) is 5.32 Å². The molecule has 3 nitrogen and oxygen atoms in total. The molecule has 0 aromatic rings. The first-order valence-corrected chi connectivity index (χ1v) is 5.04. The van der Waals surface area contributed by atoms with E-state index in [1.54, 1.807) is 0 Å². The van der Waals surface area contributed by atoms with Crippen LogP contribution in [0.1, 0.15) is 12.8 Å². The molecule has 64 valence electrons. The number of amides is 1. The summed E-state index contributed by atoms with van der Waals surface area (Å²) in [5.74, 6) is 2.11. The second-order valence-electron chi connectivity index (χ2n) is 2.76. The van der Waals surface area contributed by atoms with Gasteiger partial charge in [0.1, 0.15) is 0 Å². The molecule has 1 heterocycles. The number of hydrogen-bond acceptors (Lipinski definition) is 3. The van der Waals surface area contributed by atoms with Crippen LogP contribution in [-0.4, -0.2) is 30.0 Å². The molecule has 11 heavy (non-hydrogen) atoms. The van der Waals surface area contributed by atoms with Crippen molar-refractivity contribution in [2.75, 3.05) is 18.1 Å². The fourth-order valence-corrected chi connectivity index (χ4v) is 2.25. The lowest BCUT2D eigenvalue weighted by Crippen LogP contribution is -2.39. The maximum Gasteiger partial charge on any atom is 0.231 e. The van der Waals surface area contributed by atoms with E-state index in [4.69, 9.17) is 5.73 Å². The van der Waals surface area contributed by atoms with Gasteiger partial charge in [-0.1, -0.05) is 0 Å². The summed E-state index contributed by atoms with van der Waals surface area (Å²) in [6.45, 7) is 0.325. The first-order valence-electron chi connectivity index (χ1n) is 3.88. The van der Waals surface area contributed by atoms with Crippen molar-refractivity contribution in [3.05, 3.63) is 0 Å². The van der Waals surface area contributed by atoms with Crippen LogP contribution in [0.5, 0.6) is 0 Å². The fourth-order valence-electron chi connectivity index (χ4n) is 1.15. The van der Waals surface area contributed by atoms with E-state index >= 15 is 0 Å². The Morgan fingerprint density at radius 1 is 1.73 bits per heavy atom. The first-order chi connectivity index (χ1) is 5.29. The smallest absolute Gasteiger partial charge is 0.231 e. The third-order valence-corrected chi connectivity index (χ3v) is 2.94. The van der Waals surface area contributed by atoms with Crippen molar-refractivity contribution < 1.29 is 4.79 Å². The van der Waals surface area contributed by atoms with Gasteiger partial charge < -0.3 is 11.1 Å². The van der Waals surface area contributed by atoms with Gasteiger partial charge in [-0.05, 0) is 18.6 Å². The van der Waals surface area contributed by atoms with Gasteiger partial charge in [0, 0.05) is 11.8 Å². The molecule has 3 N–H and O–H groups in total. The molecule has 0 aromatic carbocycles. The summed E-state index contributed by atoms with van der Waals surface area (Å²) in [4.78, 5) is 10.4. The van der Waals surface area contributed by atoms with Crippen molar-refractivity contribution in [3.63, 3.8) is 0 Å². The quantitative estimate of drug-likeness (QED) is 0.631. The Kier molecular flexibility index (Phi) is 3.72. The maximum atomic E-state index is 10.4. The predicted molar refractivity (Wildman–Crippen MR) is 47.5 cm³/mol. The van der Waals surface area contributed by atoms with E-state index in [9.17, 15) is 4.79 Å². The molecule has 1 amide bonds. The SMILES string of the molecule is NC(=O)CNC1CCCSC1. The zero-order chi connectivity index (χ0) is 8.10. The third-order valence-electron chi connectivity index (χ3n) is 1.73. The second kappa shape index (κ2) is 4.62. The molecule has 0 aliphatic carbocycles. The van der Waals surface area contributed by atoms with Crippen LogP contribution in [0.25, 0.3) is 0 Å².